The number of fused-ring (bicyclic) bond motifs is 9. The summed E-state index contributed by atoms with van der Waals surface area (Å²) in [4.78, 5) is 0. The van der Waals surface area contributed by atoms with Gasteiger partial charge in [-0.15, -0.1) is 0 Å². The molecule has 0 fully saturated rings. The van der Waals surface area contributed by atoms with Gasteiger partial charge in [-0.25, -0.2) is 0 Å². The van der Waals surface area contributed by atoms with Crippen molar-refractivity contribution in [2.75, 3.05) is 0 Å². The Morgan fingerprint density at radius 1 is 0.230 bits per heavy atom. The maximum absolute atomic E-state index is 6.34. The third-order valence-corrected chi connectivity index (χ3v) is 21.5. The van der Waals surface area contributed by atoms with E-state index in [9.17, 15) is 0 Å². The van der Waals surface area contributed by atoms with Gasteiger partial charge in [0.15, 0.2) is 0 Å². The highest BCUT2D eigenvalue weighted by molar-refractivity contribution is 5.90. The van der Waals surface area contributed by atoms with Gasteiger partial charge in [0.05, 0.1) is 0 Å². The normalized spacial score (nSPS) is 14.5. The molecule has 2 heteroatoms. The zero-order chi connectivity index (χ0) is 60.4. The maximum Gasteiger partial charge on any atom is 0.134 e. The van der Waals surface area contributed by atoms with Gasteiger partial charge in [0.2, 0.25) is 0 Å². The highest BCUT2D eigenvalue weighted by Crippen LogP contribution is 2.60. The van der Waals surface area contributed by atoms with Crippen molar-refractivity contribution in [3.63, 3.8) is 0 Å². The van der Waals surface area contributed by atoms with Gasteiger partial charge in [-0.3, -0.25) is 0 Å². The fraction of sp³-hybridized carbons (Fsp3) is 0.482. The summed E-state index contributed by atoms with van der Waals surface area (Å²) in [6.45, 7) is 18.3. The van der Waals surface area contributed by atoms with E-state index in [1.807, 2.05) is 0 Å². The smallest absolute Gasteiger partial charge is 0.134 e. The predicted molar refractivity (Wildman–Crippen MR) is 373 cm³/mol. The minimum atomic E-state index is -0.0655. The molecule has 0 N–H and O–H groups in total. The molecule has 2 heterocycles. The van der Waals surface area contributed by atoms with Gasteiger partial charge in [0, 0.05) is 27.4 Å². The van der Waals surface area contributed by atoms with Crippen LogP contribution in [0.2, 0.25) is 0 Å². The molecular weight excluding hydrogens is 1050 g/mol. The molecule has 87 heavy (non-hydrogen) atoms. The minimum absolute atomic E-state index is 0.0440. The Labute approximate surface area is 526 Å². The van der Waals surface area contributed by atoms with Crippen LogP contribution in [0.25, 0.3) is 78.3 Å². The van der Waals surface area contributed by atoms with Crippen molar-refractivity contribution in [1.29, 1.82) is 0 Å². The summed E-state index contributed by atoms with van der Waals surface area (Å²) in [5, 5.41) is 0. The molecule has 2 nitrogen and oxygen atoms in total. The zero-order valence-corrected chi connectivity index (χ0v) is 55.2. The van der Waals surface area contributed by atoms with Crippen LogP contribution in [0.3, 0.4) is 0 Å². The molecule has 0 radical (unpaired) electrons. The van der Waals surface area contributed by atoms with Crippen molar-refractivity contribution in [2.24, 2.45) is 0 Å². The van der Waals surface area contributed by atoms with E-state index in [1.54, 1.807) is 22.3 Å². The molecule has 8 aromatic rings. The third kappa shape index (κ3) is 12.6. The van der Waals surface area contributed by atoms with Crippen LogP contribution in [-0.4, -0.2) is 0 Å². The molecule has 0 amide bonds. The minimum Gasteiger partial charge on any atom is -0.461 e. The first-order valence-corrected chi connectivity index (χ1v) is 35.7. The van der Waals surface area contributed by atoms with E-state index in [1.165, 1.54) is 271 Å². The van der Waals surface area contributed by atoms with Crippen LogP contribution < -0.4 is 0 Å². The molecule has 11 rings (SSSR count). The lowest BCUT2D eigenvalue weighted by Gasteiger charge is -2.34. The monoisotopic (exact) mass is 1160 g/mol. The van der Waals surface area contributed by atoms with Gasteiger partial charge in [-0.2, -0.15) is 0 Å². The molecule has 0 aliphatic heterocycles. The van der Waals surface area contributed by atoms with Crippen molar-refractivity contribution in [3.8, 4) is 78.3 Å². The van der Waals surface area contributed by atoms with Crippen LogP contribution in [0.4, 0.5) is 0 Å². The molecule has 0 bridgehead atoms. The lowest BCUT2D eigenvalue weighted by Crippen LogP contribution is -2.26. The second-order valence-corrected chi connectivity index (χ2v) is 27.5. The number of hydrogen-bond donors (Lipinski definition) is 0. The molecule has 0 saturated heterocycles. The van der Waals surface area contributed by atoms with E-state index in [0.717, 1.165) is 23.0 Å². The Hall–Kier alpha value is -6.12. The summed E-state index contributed by atoms with van der Waals surface area (Å²) < 4.78 is 12.7. The fourth-order valence-corrected chi connectivity index (χ4v) is 16.8. The quantitative estimate of drug-likeness (QED) is 0.0376. The first-order chi connectivity index (χ1) is 42.6. The number of unbranched alkanes of at least 4 members (excludes halogenated alkanes) is 18. The highest BCUT2D eigenvalue weighted by atomic mass is 16.3. The molecule has 3 aliphatic carbocycles. The molecule has 0 spiro atoms. The second kappa shape index (κ2) is 28.6. The van der Waals surface area contributed by atoms with Crippen LogP contribution in [0.15, 0.2) is 142 Å². The van der Waals surface area contributed by atoms with E-state index in [-0.39, 0.29) is 16.2 Å². The van der Waals surface area contributed by atoms with E-state index >= 15 is 0 Å². The molecule has 2 aromatic heterocycles. The molecule has 0 atom stereocenters. The zero-order valence-electron chi connectivity index (χ0n) is 55.2. The summed E-state index contributed by atoms with van der Waals surface area (Å²) >= 11 is 0. The summed E-state index contributed by atoms with van der Waals surface area (Å²) in [5.41, 5.74) is 25.8. The molecular formula is C85H106O2. The average molecular weight is 1160 g/mol. The van der Waals surface area contributed by atoms with Gasteiger partial charge in [-0.1, -0.05) is 268 Å². The van der Waals surface area contributed by atoms with Crippen molar-refractivity contribution in [2.45, 2.75) is 264 Å². The van der Waals surface area contributed by atoms with E-state index in [4.69, 9.17) is 8.83 Å². The molecule has 0 unspecified atom stereocenters. The first-order valence-electron chi connectivity index (χ1n) is 35.7. The second-order valence-electron chi connectivity index (χ2n) is 27.5. The molecule has 6 aromatic carbocycles. The number of furan rings is 2. The van der Waals surface area contributed by atoms with Crippen LogP contribution in [0, 0.1) is 13.8 Å². The van der Waals surface area contributed by atoms with Crippen molar-refractivity contribution >= 4 is 0 Å². The van der Waals surface area contributed by atoms with Crippen molar-refractivity contribution in [3.05, 3.63) is 178 Å². The standard InChI is InChI=1S/C85H106O2/c1-9-15-21-27-49-83(50-28-22-16-10-2)75-55-63(65-37-43-71-73-45-39-67(81-47-33-61(7)86-81)59-79(73)84(77(71)57-65,51-29-23-17-11-3)52-30-24-18-12-4)35-41-69(75)70-42-36-64(56-76(70)83)66-38-44-72-74-46-40-68(82-48-34-62(8)87-82)60-80(74)85(78(72)58-66,53-31-25-19-13-5)54-32-26-20-14-6/h33-48,55-60H,9-32,49-54H2,1-8H3. The lowest BCUT2D eigenvalue weighted by atomic mass is 9.69. The van der Waals surface area contributed by atoms with E-state index in [2.05, 4.69) is 189 Å². The Kier molecular flexibility index (Phi) is 20.5. The van der Waals surface area contributed by atoms with Gasteiger partial charge in [0.1, 0.15) is 23.0 Å². The number of rotatable bonds is 34. The van der Waals surface area contributed by atoms with Crippen LogP contribution in [0.5, 0.6) is 0 Å². The summed E-state index contributed by atoms with van der Waals surface area (Å²) in [5.74, 6) is 3.90. The largest absolute Gasteiger partial charge is 0.461 e. The third-order valence-electron chi connectivity index (χ3n) is 21.5. The molecule has 458 valence electrons. The summed E-state index contributed by atoms with van der Waals surface area (Å²) in [7, 11) is 0. The SMILES string of the molecule is CCCCCCC1(CCCCCC)c2cc(-c3ccc4c(c3)C(CCCCCC)(CCCCCC)c3cc(-c5ccc(C)o5)ccc3-4)ccc2-c2ccc(-c3ccc4c(c3)C(CCCCCC)(CCCCCC)c3cc(-c5ccc(C)o5)ccc3-4)cc21. The lowest BCUT2D eigenvalue weighted by molar-refractivity contribution is 0.400. The molecule has 0 saturated carbocycles. The maximum atomic E-state index is 6.34. The summed E-state index contributed by atoms with van der Waals surface area (Å²) in [6.07, 6.45) is 37.6. The molecule has 3 aliphatic rings. The fourth-order valence-electron chi connectivity index (χ4n) is 16.8. The Bertz CT molecular complexity index is 3310. The van der Waals surface area contributed by atoms with Gasteiger partial charge < -0.3 is 8.83 Å². The van der Waals surface area contributed by atoms with E-state index in [0.29, 0.717) is 0 Å². The topological polar surface area (TPSA) is 26.3 Å². The first kappa shape index (κ1) is 62.5. The van der Waals surface area contributed by atoms with Crippen LogP contribution in [0.1, 0.15) is 279 Å². The van der Waals surface area contributed by atoms with Gasteiger partial charge in [0.25, 0.3) is 0 Å². The Morgan fingerprint density at radius 3 is 0.632 bits per heavy atom. The summed E-state index contributed by atoms with van der Waals surface area (Å²) in [6, 6.07) is 54.1. The number of benzene rings is 6. The van der Waals surface area contributed by atoms with Crippen LogP contribution in [-0.2, 0) is 16.2 Å². The van der Waals surface area contributed by atoms with E-state index < -0.39 is 0 Å². The van der Waals surface area contributed by atoms with Crippen molar-refractivity contribution in [1.82, 2.24) is 0 Å². The number of hydrogen-bond acceptors (Lipinski definition) is 2. The Balaban J connectivity index is 1.03. The Morgan fingerprint density at radius 2 is 0.437 bits per heavy atom. The predicted octanol–water partition coefficient (Wildman–Crippen LogP) is 26.8. The van der Waals surface area contributed by atoms with Gasteiger partial charge in [-0.05, 0) is 202 Å². The van der Waals surface area contributed by atoms with Crippen molar-refractivity contribution < 1.29 is 8.83 Å². The van der Waals surface area contributed by atoms with Crippen LogP contribution >= 0.6 is 0 Å². The van der Waals surface area contributed by atoms with Gasteiger partial charge >= 0.3 is 0 Å². The highest BCUT2D eigenvalue weighted by Gasteiger charge is 2.46. The number of aryl methyl sites for hydroxylation is 2. The average Bonchev–Trinajstić information content (AvgIpc) is 1.68.